The van der Waals surface area contributed by atoms with Crippen LogP contribution in [0, 0.1) is 0 Å². The Kier molecular flexibility index (Phi) is 6.43. The van der Waals surface area contributed by atoms with Crippen molar-refractivity contribution >= 4 is 11.7 Å². The highest BCUT2D eigenvalue weighted by molar-refractivity contribution is 6.02. The molecule has 1 aliphatic heterocycles. The second kappa shape index (κ2) is 9.16. The Morgan fingerprint density at radius 3 is 2.09 bits per heavy atom. The van der Waals surface area contributed by atoms with Crippen LogP contribution in [0.25, 0.3) is 0 Å². The summed E-state index contributed by atoms with van der Waals surface area (Å²) in [5, 5.41) is 3.00. The van der Waals surface area contributed by atoms with Crippen LogP contribution in [-0.4, -0.2) is 33.0 Å². The summed E-state index contributed by atoms with van der Waals surface area (Å²) < 4.78 is 16.6. The molecule has 0 saturated carbocycles. The Morgan fingerprint density at radius 1 is 0.824 bits per heavy atom. The van der Waals surface area contributed by atoms with Crippen molar-refractivity contribution < 1.29 is 23.8 Å². The molecule has 0 aromatic heterocycles. The fourth-order valence-electron chi connectivity index (χ4n) is 5.12. The van der Waals surface area contributed by atoms with Gasteiger partial charge < -0.3 is 19.5 Å². The van der Waals surface area contributed by atoms with Crippen LogP contribution in [0.3, 0.4) is 0 Å². The molecule has 2 aliphatic rings. The smallest absolute Gasteiger partial charge is 0.225 e. The quantitative estimate of drug-likeness (QED) is 0.674. The molecule has 4 rings (SSSR count). The van der Waals surface area contributed by atoms with Gasteiger partial charge in [-0.15, -0.1) is 0 Å². The number of nitrogens with one attached hydrogen (secondary N) is 1. The lowest BCUT2D eigenvalue weighted by Crippen LogP contribution is -2.38. The molecular formula is C28H33NO5. The highest BCUT2D eigenvalue weighted by Crippen LogP contribution is 2.49. The summed E-state index contributed by atoms with van der Waals surface area (Å²) in [5.74, 6) is 1.08. The summed E-state index contributed by atoms with van der Waals surface area (Å²) in [7, 11) is 4.66. The van der Waals surface area contributed by atoms with Gasteiger partial charge in [0.05, 0.1) is 21.3 Å². The molecule has 0 unspecified atom stereocenters. The minimum atomic E-state index is -0.393. The highest BCUT2D eigenvalue weighted by atomic mass is 16.5. The van der Waals surface area contributed by atoms with Gasteiger partial charge in [0.1, 0.15) is 0 Å². The molecule has 2 atom stereocenters. The zero-order valence-corrected chi connectivity index (χ0v) is 20.8. The van der Waals surface area contributed by atoms with E-state index < -0.39 is 5.92 Å². The molecule has 1 aliphatic carbocycles. The van der Waals surface area contributed by atoms with E-state index >= 15 is 0 Å². The molecule has 0 spiro atoms. The zero-order chi connectivity index (χ0) is 24.6. The van der Waals surface area contributed by atoms with E-state index in [1.807, 2.05) is 6.07 Å². The Labute approximate surface area is 201 Å². The second-order valence-corrected chi connectivity index (χ2v) is 10.0. The number of rotatable bonds is 5. The molecule has 0 radical (unpaired) electrons. The van der Waals surface area contributed by atoms with Gasteiger partial charge in [0.2, 0.25) is 11.7 Å². The summed E-state index contributed by atoms with van der Waals surface area (Å²) in [5.41, 5.74) is 4.59. The van der Waals surface area contributed by atoms with Crippen molar-refractivity contribution in [2.45, 2.75) is 57.3 Å². The topological polar surface area (TPSA) is 73.9 Å². The number of carbonyl (C=O) groups is 2. The third kappa shape index (κ3) is 4.29. The number of methoxy groups -OCH3 is 3. The van der Waals surface area contributed by atoms with E-state index in [0.29, 0.717) is 35.7 Å². The predicted molar refractivity (Wildman–Crippen MR) is 131 cm³/mol. The summed E-state index contributed by atoms with van der Waals surface area (Å²) in [4.78, 5) is 26.2. The van der Waals surface area contributed by atoms with Crippen molar-refractivity contribution in [1.82, 2.24) is 5.32 Å². The van der Waals surface area contributed by atoms with Gasteiger partial charge in [-0.2, -0.15) is 0 Å². The molecule has 1 N–H and O–H groups in total. The van der Waals surface area contributed by atoms with E-state index in [2.05, 4.69) is 50.4 Å². The van der Waals surface area contributed by atoms with Gasteiger partial charge in [0.25, 0.3) is 0 Å². The normalized spacial score (nSPS) is 20.5. The number of carbonyl (C=O) groups excluding carboxylic acids is 2. The first-order chi connectivity index (χ1) is 16.2. The van der Waals surface area contributed by atoms with Gasteiger partial charge in [-0.3, -0.25) is 9.59 Å². The van der Waals surface area contributed by atoms with Crippen LogP contribution in [0.4, 0.5) is 0 Å². The number of hydrogen-bond acceptors (Lipinski definition) is 5. The molecule has 0 fully saturated rings. The van der Waals surface area contributed by atoms with E-state index in [9.17, 15) is 9.59 Å². The number of Topliss-reactive ketones (excluding diaryl/α,β-unsaturated/α-hetero) is 1. The maximum atomic E-state index is 13.5. The molecule has 2 aromatic carbocycles. The average Bonchev–Trinajstić information content (AvgIpc) is 2.81. The number of amides is 1. The molecule has 1 heterocycles. The largest absolute Gasteiger partial charge is 0.493 e. The summed E-state index contributed by atoms with van der Waals surface area (Å²) in [6.07, 6.45) is 1.21. The van der Waals surface area contributed by atoms with Gasteiger partial charge in [0.15, 0.2) is 17.3 Å². The van der Waals surface area contributed by atoms with E-state index in [-0.39, 0.29) is 29.4 Å². The van der Waals surface area contributed by atoms with Crippen molar-refractivity contribution in [3.8, 4) is 17.2 Å². The second-order valence-electron chi connectivity index (χ2n) is 10.0. The average molecular weight is 464 g/mol. The molecule has 0 bridgehead atoms. The number of ketones is 1. The van der Waals surface area contributed by atoms with Gasteiger partial charge in [-0.1, -0.05) is 51.1 Å². The van der Waals surface area contributed by atoms with E-state index in [4.69, 9.17) is 14.2 Å². The summed E-state index contributed by atoms with van der Waals surface area (Å²) in [6, 6.07) is 12.2. The van der Waals surface area contributed by atoms with Crippen LogP contribution >= 0.6 is 0 Å². The Bertz CT molecular complexity index is 1140. The molecule has 2 aromatic rings. The first-order valence-electron chi connectivity index (χ1n) is 11.6. The fraction of sp³-hybridized carbons (Fsp3) is 0.429. The van der Waals surface area contributed by atoms with Gasteiger partial charge >= 0.3 is 0 Å². The van der Waals surface area contributed by atoms with Crippen LogP contribution < -0.4 is 19.5 Å². The van der Waals surface area contributed by atoms with Crippen LogP contribution in [-0.2, 0) is 15.0 Å². The lowest BCUT2D eigenvalue weighted by Gasteiger charge is -2.35. The standard InChI is InChI=1S/C28H33NO5/c1-28(2,3)18-9-7-16(8-10-18)17-13-21-25(22(30)14-17)20(15-24(31)29-21)19-11-12-23(32-4)27(34-6)26(19)33-5/h7-12,17,20H,13-15H2,1-6H3,(H,29,31)/t17-,20-/m1/s1. The fourth-order valence-corrected chi connectivity index (χ4v) is 5.12. The van der Waals surface area contributed by atoms with E-state index in [1.165, 1.54) is 5.56 Å². The first-order valence-corrected chi connectivity index (χ1v) is 11.6. The van der Waals surface area contributed by atoms with Crippen LogP contribution in [0.5, 0.6) is 17.2 Å². The first kappa shape index (κ1) is 23.9. The molecule has 6 nitrogen and oxygen atoms in total. The molecule has 1 amide bonds. The molecule has 6 heteroatoms. The minimum Gasteiger partial charge on any atom is -0.493 e. The number of hydrogen-bond donors (Lipinski definition) is 1. The number of allylic oxidation sites excluding steroid dienone is 2. The highest BCUT2D eigenvalue weighted by Gasteiger charge is 2.40. The van der Waals surface area contributed by atoms with Gasteiger partial charge in [-0.05, 0) is 34.9 Å². The van der Waals surface area contributed by atoms with E-state index in [0.717, 1.165) is 16.8 Å². The molecule has 34 heavy (non-hydrogen) atoms. The Balaban J connectivity index is 1.72. The van der Waals surface area contributed by atoms with Crippen molar-refractivity contribution in [2.24, 2.45) is 0 Å². The zero-order valence-electron chi connectivity index (χ0n) is 20.8. The summed E-state index contributed by atoms with van der Waals surface area (Å²) >= 11 is 0. The lowest BCUT2D eigenvalue weighted by atomic mass is 9.73. The third-order valence-electron chi connectivity index (χ3n) is 6.89. The van der Waals surface area contributed by atoms with Crippen LogP contribution in [0.2, 0.25) is 0 Å². The Hall–Kier alpha value is -3.28. The predicted octanol–water partition coefficient (Wildman–Crippen LogP) is 5.01. The molecular weight excluding hydrogens is 430 g/mol. The third-order valence-corrected chi connectivity index (χ3v) is 6.89. The Morgan fingerprint density at radius 2 is 1.50 bits per heavy atom. The van der Waals surface area contributed by atoms with Crippen molar-refractivity contribution in [2.75, 3.05) is 21.3 Å². The van der Waals surface area contributed by atoms with Crippen LogP contribution in [0.1, 0.15) is 68.6 Å². The lowest BCUT2D eigenvalue weighted by molar-refractivity contribution is -0.122. The van der Waals surface area contributed by atoms with Gasteiger partial charge in [0, 0.05) is 35.6 Å². The minimum absolute atomic E-state index is 0.0339. The monoisotopic (exact) mass is 463 g/mol. The SMILES string of the molecule is COc1ccc([C@H]2CC(=O)NC3=C2C(=O)C[C@H](c2ccc(C(C)(C)C)cc2)C3)c(OC)c1OC. The van der Waals surface area contributed by atoms with E-state index in [1.54, 1.807) is 27.4 Å². The summed E-state index contributed by atoms with van der Waals surface area (Å²) in [6.45, 7) is 6.55. The van der Waals surface area contributed by atoms with Gasteiger partial charge in [-0.25, -0.2) is 0 Å². The maximum absolute atomic E-state index is 13.5. The van der Waals surface area contributed by atoms with Crippen molar-refractivity contribution in [3.63, 3.8) is 0 Å². The maximum Gasteiger partial charge on any atom is 0.225 e. The van der Waals surface area contributed by atoms with Crippen LogP contribution in [0.15, 0.2) is 47.7 Å². The van der Waals surface area contributed by atoms with Crippen molar-refractivity contribution in [3.05, 3.63) is 64.4 Å². The molecule has 180 valence electrons. The number of benzene rings is 2. The molecule has 0 saturated heterocycles. The van der Waals surface area contributed by atoms with Crippen molar-refractivity contribution in [1.29, 1.82) is 0 Å². The number of ether oxygens (including phenoxy) is 3.